The number of rotatable bonds is 5. The van der Waals surface area contributed by atoms with E-state index in [1.165, 1.54) is 0 Å². The van der Waals surface area contributed by atoms with Gasteiger partial charge in [-0.2, -0.15) is 0 Å². The van der Waals surface area contributed by atoms with Crippen molar-refractivity contribution in [2.24, 2.45) is 0 Å². The SMILES string of the molecule is C[C@H](NCC1CCC(C(=O)O)O1)c1cccc(Cl)c1. The van der Waals surface area contributed by atoms with Crippen molar-refractivity contribution in [1.82, 2.24) is 5.32 Å². The number of hydrogen-bond acceptors (Lipinski definition) is 3. The highest BCUT2D eigenvalue weighted by Gasteiger charge is 2.30. The number of carboxylic acids is 1. The molecule has 1 heterocycles. The fraction of sp³-hybridized carbons (Fsp3) is 0.500. The lowest BCUT2D eigenvalue weighted by molar-refractivity contribution is -0.149. The van der Waals surface area contributed by atoms with E-state index < -0.39 is 12.1 Å². The van der Waals surface area contributed by atoms with Crippen molar-refractivity contribution < 1.29 is 14.6 Å². The summed E-state index contributed by atoms with van der Waals surface area (Å²) in [7, 11) is 0. The summed E-state index contributed by atoms with van der Waals surface area (Å²) in [4.78, 5) is 10.8. The molecule has 0 amide bonds. The van der Waals surface area contributed by atoms with Crippen molar-refractivity contribution in [2.45, 2.75) is 38.0 Å². The third-order valence-electron chi connectivity index (χ3n) is 3.38. The number of hydrogen-bond donors (Lipinski definition) is 2. The predicted molar refractivity (Wildman–Crippen MR) is 73.4 cm³/mol. The van der Waals surface area contributed by atoms with Crippen LogP contribution in [-0.2, 0) is 9.53 Å². The minimum atomic E-state index is -0.870. The first-order chi connectivity index (χ1) is 9.06. The van der Waals surface area contributed by atoms with E-state index in [0.29, 0.717) is 18.0 Å². The largest absolute Gasteiger partial charge is 0.479 e. The minimum absolute atomic E-state index is 0.0252. The van der Waals surface area contributed by atoms with Crippen molar-refractivity contribution in [3.05, 3.63) is 34.9 Å². The second kappa shape index (κ2) is 6.37. The Morgan fingerprint density at radius 1 is 1.58 bits per heavy atom. The highest BCUT2D eigenvalue weighted by molar-refractivity contribution is 6.30. The molecule has 0 radical (unpaired) electrons. The summed E-state index contributed by atoms with van der Waals surface area (Å²) in [6.45, 7) is 2.70. The van der Waals surface area contributed by atoms with Crippen LogP contribution in [0.2, 0.25) is 5.02 Å². The Kier molecular flexibility index (Phi) is 4.80. The van der Waals surface area contributed by atoms with Gasteiger partial charge in [0.2, 0.25) is 0 Å². The maximum Gasteiger partial charge on any atom is 0.332 e. The Labute approximate surface area is 117 Å². The molecule has 2 unspecified atom stereocenters. The zero-order chi connectivity index (χ0) is 13.8. The van der Waals surface area contributed by atoms with Crippen molar-refractivity contribution in [1.29, 1.82) is 0 Å². The molecule has 0 aromatic heterocycles. The predicted octanol–water partition coefficient (Wildman–Crippen LogP) is 2.62. The van der Waals surface area contributed by atoms with E-state index in [1.54, 1.807) is 0 Å². The Balaban J connectivity index is 1.81. The number of carboxylic acid groups (broad SMARTS) is 1. The van der Waals surface area contributed by atoms with Gasteiger partial charge in [-0.1, -0.05) is 23.7 Å². The minimum Gasteiger partial charge on any atom is -0.479 e. The number of carbonyl (C=O) groups is 1. The third-order valence-corrected chi connectivity index (χ3v) is 3.62. The Morgan fingerprint density at radius 3 is 3.00 bits per heavy atom. The van der Waals surface area contributed by atoms with Crippen molar-refractivity contribution >= 4 is 17.6 Å². The van der Waals surface area contributed by atoms with Crippen LogP contribution in [0.4, 0.5) is 0 Å². The van der Waals surface area contributed by atoms with E-state index in [9.17, 15) is 4.79 Å². The summed E-state index contributed by atoms with van der Waals surface area (Å²) >= 11 is 5.95. The summed E-state index contributed by atoms with van der Waals surface area (Å²) in [5.41, 5.74) is 1.11. The maximum absolute atomic E-state index is 10.8. The van der Waals surface area contributed by atoms with E-state index >= 15 is 0 Å². The van der Waals surface area contributed by atoms with Gasteiger partial charge in [0.05, 0.1) is 6.10 Å². The van der Waals surface area contributed by atoms with E-state index in [1.807, 2.05) is 24.3 Å². The smallest absolute Gasteiger partial charge is 0.332 e. The van der Waals surface area contributed by atoms with E-state index in [-0.39, 0.29) is 12.1 Å². The first-order valence-corrected chi connectivity index (χ1v) is 6.81. The Hall–Kier alpha value is -1.10. The molecule has 104 valence electrons. The summed E-state index contributed by atoms with van der Waals surface area (Å²) in [6.07, 6.45) is 0.704. The number of aliphatic carboxylic acids is 1. The van der Waals surface area contributed by atoms with Crippen LogP contribution in [0.15, 0.2) is 24.3 Å². The summed E-state index contributed by atoms with van der Waals surface area (Å²) in [5.74, 6) is -0.870. The van der Waals surface area contributed by atoms with Gasteiger partial charge in [-0.05, 0) is 37.5 Å². The first kappa shape index (κ1) is 14.3. The maximum atomic E-state index is 10.8. The molecule has 1 aromatic rings. The molecule has 19 heavy (non-hydrogen) atoms. The van der Waals surface area contributed by atoms with Crippen LogP contribution in [0, 0.1) is 0 Å². The van der Waals surface area contributed by atoms with E-state index in [2.05, 4.69) is 12.2 Å². The summed E-state index contributed by atoms with van der Waals surface area (Å²) < 4.78 is 5.44. The van der Waals surface area contributed by atoms with Crippen molar-refractivity contribution in [3.63, 3.8) is 0 Å². The van der Waals surface area contributed by atoms with Gasteiger partial charge in [0, 0.05) is 17.6 Å². The lowest BCUT2D eigenvalue weighted by atomic mass is 10.1. The standard InChI is InChI=1S/C14H18ClNO3/c1-9(10-3-2-4-11(15)7-10)16-8-12-5-6-13(19-12)14(17)18/h2-4,7,9,12-13,16H,5-6,8H2,1H3,(H,17,18)/t9-,12?,13?/m0/s1. The molecular formula is C14H18ClNO3. The molecule has 1 saturated heterocycles. The van der Waals surface area contributed by atoms with Gasteiger partial charge in [-0.3, -0.25) is 0 Å². The quantitative estimate of drug-likeness (QED) is 0.872. The fourth-order valence-corrected chi connectivity index (χ4v) is 2.44. The zero-order valence-corrected chi connectivity index (χ0v) is 11.6. The molecule has 2 rings (SSSR count). The molecule has 2 N–H and O–H groups in total. The number of nitrogens with one attached hydrogen (secondary N) is 1. The first-order valence-electron chi connectivity index (χ1n) is 6.43. The van der Waals surface area contributed by atoms with Gasteiger partial charge in [-0.25, -0.2) is 4.79 Å². The van der Waals surface area contributed by atoms with Crippen LogP contribution in [0.25, 0.3) is 0 Å². The average Bonchev–Trinajstić information content (AvgIpc) is 2.85. The van der Waals surface area contributed by atoms with Crippen molar-refractivity contribution in [3.8, 4) is 0 Å². The van der Waals surface area contributed by atoms with E-state index in [0.717, 1.165) is 12.0 Å². The lowest BCUT2D eigenvalue weighted by Gasteiger charge is -2.18. The third kappa shape index (κ3) is 3.93. The molecule has 1 aliphatic rings. The van der Waals surface area contributed by atoms with Crippen LogP contribution in [0.3, 0.4) is 0 Å². The van der Waals surface area contributed by atoms with Crippen LogP contribution < -0.4 is 5.32 Å². The lowest BCUT2D eigenvalue weighted by Crippen LogP contribution is -2.30. The van der Waals surface area contributed by atoms with Crippen molar-refractivity contribution in [2.75, 3.05) is 6.54 Å². The second-order valence-corrected chi connectivity index (χ2v) is 5.28. The molecule has 5 heteroatoms. The summed E-state index contributed by atoms with van der Waals surface area (Å²) in [5, 5.41) is 12.9. The van der Waals surface area contributed by atoms with Crippen LogP contribution >= 0.6 is 11.6 Å². The second-order valence-electron chi connectivity index (χ2n) is 4.85. The van der Waals surface area contributed by atoms with Gasteiger partial charge in [-0.15, -0.1) is 0 Å². The summed E-state index contributed by atoms with van der Waals surface area (Å²) in [6, 6.07) is 7.86. The topological polar surface area (TPSA) is 58.6 Å². The number of ether oxygens (including phenoxy) is 1. The molecule has 0 saturated carbocycles. The van der Waals surface area contributed by atoms with Gasteiger partial charge >= 0.3 is 5.97 Å². The molecule has 0 aliphatic carbocycles. The monoisotopic (exact) mass is 283 g/mol. The highest BCUT2D eigenvalue weighted by atomic mass is 35.5. The highest BCUT2D eigenvalue weighted by Crippen LogP contribution is 2.21. The molecule has 1 aromatic carbocycles. The van der Waals surface area contributed by atoms with E-state index in [4.69, 9.17) is 21.4 Å². The van der Waals surface area contributed by atoms with Gasteiger partial charge in [0.25, 0.3) is 0 Å². The average molecular weight is 284 g/mol. The normalized spacial score (nSPS) is 24.3. The molecule has 1 fully saturated rings. The number of benzene rings is 1. The Bertz CT molecular complexity index is 452. The molecule has 0 spiro atoms. The van der Waals surface area contributed by atoms with Gasteiger partial charge < -0.3 is 15.2 Å². The van der Waals surface area contributed by atoms with Gasteiger partial charge in [0.1, 0.15) is 0 Å². The van der Waals surface area contributed by atoms with Crippen LogP contribution in [0.5, 0.6) is 0 Å². The Morgan fingerprint density at radius 2 is 2.37 bits per heavy atom. The molecular weight excluding hydrogens is 266 g/mol. The van der Waals surface area contributed by atoms with Crippen LogP contribution in [-0.4, -0.2) is 29.8 Å². The fourth-order valence-electron chi connectivity index (χ4n) is 2.24. The molecule has 4 nitrogen and oxygen atoms in total. The van der Waals surface area contributed by atoms with Crippen LogP contribution in [0.1, 0.15) is 31.4 Å². The number of halogens is 1. The zero-order valence-electron chi connectivity index (χ0n) is 10.8. The molecule has 0 bridgehead atoms. The molecule has 3 atom stereocenters. The van der Waals surface area contributed by atoms with Gasteiger partial charge in [0.15, 0.2) is 6.10 Å². The molecule has 1 aliphatic heterocycles.